The third-order valence-corrected chi connectivity index (χ3v) is 4.70. The second-order valence-electron chi connectivity index (χ2n) is 7.29. The minimum absolute atomic E-state index is 0. The molecule has 1 aliphatic carbocycles. The number of carbonyl (C=O) groups is 1. The van der Waals surface area contributed by atoms with E-state index in [0.29, 0.717) is 18.1 Å². The van der Waals surface area contributed by atoms with Crippen molar-refractivity contribution in [1.29, 1.82) is 0 Å². The van der Waals surface area contributed by atoms with Crippen LogP contribution in [0, 0.1) is 0 Å². The zero-order valence-corrected chi connectivity index (χ0v) is 19.7. The summed E-state index contributed by atoms with van der Waals surface area (Å²) in [5.74, 6) is 0.294. The fourth-order valence-electron chi connectivity index (χ4n) is 2.98. The van der Waals surface area contributed by atoms with E-state index in [4.69, 9.17) is 0 Å². The van der Waals surface area contributed by atoms with Crippen molar-refractivity contribution in [3.05, 3.63) is 47.0 Å². The number of alkyl halides is 3. The molecule has 1 aromatic rings. The molecule has 0 saturated heterocycles. The average Bonchev–Trinajstić information content (AvgIpc) is 2.69. The van der Waals surface area contributed by atoms with Gasteiger partial charge in [0.1, 0.15) is 0 Å². The van der Waals surface area contributed by atoms with E-state index in [0.717, 1.165) is 31.4 Å². The molecule has 0 atom stereocenters. The van der Waals surface area contributed by atoms with E-state index in [1.54, 1.807) is 20.2 Å². The predicted octanol–water partition coefficient (Wildman–Crippen LogP) is 4.34. The zero-order valence-electron chi connectivity index (χ0n) is 17.4. The first-order valence-corrected chi connectivity index (χ1v) is 9.82. The minimum atomic E-state index is -4.38. The molecule has 0 heterocycles. The molecule has 1 aliphatic rings. The third kappa shape index (κ3) is 9.36. The lowest BCUT2D eigenvalue weighted by atomic mass is 9.97. The number of aliphatic imine (C=N–C) groups is 1. The molecule has 0 spiro atoms. The molecule has 0 radical (unpaired) electrons. The monoisotopic (exact) mass is 538 g/mol. The number of hydrogen-bond donors (Lipinski definition) is 2. The quantitative estimate of drug-likeness (QED) is 0.235. The molecule has 0 aromatic heterocycles. The molecular formula is C21H30F3IN4O. The Hall–Kier alpha value is -1.78. The summed E-state index contributed by atoms with van der Waals surface area (Å²) in [5.41, 5.74) is 1.17. The van der Waals surface area contributed by atoms with Crippen LogP contribution in [0.25, 0.3) is 0 Å². The number of nitrogens with one attached hydrogen (secondary N) is 2. The summed E-state index contributed by atoms with van der Waals surface area (Å²) in [6, 6.07) is 5.12. The molecule has 1 aromatic carbocycles. The number of amides is 1. The van der Waals surface area contributed by atoms with Crippen molar-refractivity contribution in [2.75, 3.05) is 27.2 Å². The first-order valence-electron chi connectivity index (χ1n) is 9.82. The summed E-state index contributed by atoms with van der Waals surface area (Å²) in [4.78, 5) is 17.7. The van der Waals surface area contributed by atoms with Gasteiger partial charge >= 0.3 is 6.18 Å². The third-order valence-electron chi connectivity index (χ3n) is 4.70. The lowest BCUT2D eigenvalue weighted by Gasteiger charge is -2.17. The number of likely N-dealkylation sites (N-methyl/N-ethyl adjacent to an activating group) is 1. The average molecular weight is 538 g/mol. The SMILES string of the molecule is CN(C)C(=O)CNC(=NCc1cccc(C(F)(F)F)c1)NCCC1=CCCCC1.I. The Morgan fingerprint density at radius 1 is 1.20 bits per heavy atom. The number of benzene rings is 1. The van der Waals surface area contributed by atoms with E-state index in [9.17, 15) is 18.0 Å². The van der Waals surface area contributed by atoms with E-state index in [-0.39, 0.29) is 43.0 Å². The maximum absolute atomic E-state index is 12.9. The van der Waals surface area contributed by atoms with Crippen LogP contribution in [-0.2, 0) is 17.5 Å². The van der Waals surface area contributed by atoms with Crippen LogP contribution < -0.4 is 10.6 Å². The van der Waals surface area contributed by atoms with Crippen LogP contribution in [0.15, 0.2) is 40.9 Å². The second kappa shape index (κ2) is 12.8. The van der Waals surface area contributed by atoms with E-state index < -0.39 is 11.7 Å². The van der Waals surface area contributed by atoms with Gasteiger partial charge in [0.15, 0.2) is 5.96 Å². The number of allylic oxidation sites excluding steroid dienone is 1. The predicted molar refractivity (Wildman–Crippen MR) is 124 cm³/mol. The van der Waals surface area contributed by atoms with Crippen molar-refractivity contribution in [2.24, 2.45) is 4.99 Å². The van der Waals surface area contributed by atoms with Gasteiger partial charge in [-0.25, -0.2) is 4.99 Å². The molecule has 0 saturated carbocycles. The fourth-order valence-corrected chi connectivity index (χ4v) is 2.98. The smallest absolute Gasteiger partial charge is 0.356 e. The van der Waals surface area contributed by atoms with Crippen LogP contribution in [0.3, 0.4) is 0 Å². The molecule has 5 nitrogen and oxygen atoms in total. The number of nitrogens with zero attached hydrogens (tertiary/aromatic N) is 2. The standard InChI is InChI=1S/C21H29F3N4O.HI/c1-28(2)19(29)15-27-20(25-12-11-16-7-4-3-5-8-16)26-14-17-9-6-10-18(13-17)21(22,23)24;/h6-7,9-10,13H,3-5,8,11-12,14-15H2,1-2H3,(H2,25,26,27);1H. The lowest BCUT2D eigenvalue weighted by molar-refractivity contribution is -0.137. The number of hydrogen-bond acceptors (Lipinski definition) is 2. The van der Waals surface area contributed by atoms with Gasteiger partial charge in [0, 0.05) is 20.6 Å². The Morgan fingerprint density at radius 3 is 2.60 bits per heavy atom. The van der Waals surface area contributed by atoms with Gasteiger partial charge < -0.3 is 15.5 Å². The molecule has 2 N–H and O–H groups in total. The highest BCUT2D eigenvalue weighted by molar-refractivity contribution is 14.0. The summed E-state index contributed by atoms with van der Waals surface area (Å²) < 4.78 is 38.7. The van der Waals surface area contributed by atoms with Crippen LogP contribution in [0.1, 0.15) is 43.2 Å². The Morgan fingerprint density at radius 2 is 1.97 bits per heavy atom. The Kier molecular flexibility index (Phi) is 11.2. The Balaban J connectivity index is 0.00000450. The van der Waals surface area contributed by atoms with Crippen LogP contribution in [0.4, 0.5) is 13.2 Å². The van der Waals surface area contributed by atoms with Crippen LogP contribution in [0.5, 0.6) is 0 Å². The lowest BCUT2D eigenvalue weighted by Crippen LogP contribution is -2.43. The van der Waals surface area contributed by atoms with Crippen molar-refractivity contribution in [1.82, 2.24) is 15.5 Å². The summed E-state index contributed by atoms with van der Waals surface area (Å²) >= 11 is 0. The van der Waals surface area contributed by atoms with Gasteiger partial charge in [-0.05, 0) is 49.8 Å². The second-order valence-corrected chi connectivity index (χ2v) is 7.29. The maximum Gasteiger partial charge on any atom is 0.416 e. The van der Waals surface area contributed by atoms with Gasteiger partial charge in [-0.1, -0.05) is 23.8 Å². The molecule has 0 unspecified atom stereocenters. The van der Waals surface area contributed by atoms with E-state index in [2.05, 4.69) is 21.7 Å². The molecular weight excluding hydrogens is 508 g/mol. The fraction of sp³-hybridized carbons (Fsp3) is 0.524. The Bertz CT molecular complexity index is 748. The van der Waals surface area contributed by atoms with Gasteiger partial charge in [-0.15, -0.1) is 24.0 Å². The molecule has 1 amide bonds. The first kappa shape index (κ1) is 26.3. The largest absolute Gasteiger partial charge is 0.416 e. The number of guanidine groups is 1. The van der Waals surface area contributed by atoms with Crippen LogP contribution in [0.2, 0.25) is 0 Å². The molecule has 0 bridgehead atoms. The van der Waals surface area contributed by atoms with Crippen LogP contribution >= 0.6 is 24.0 Å². The summed E-state index contributed by atoms with van der Waals surface area (Å²) in [5, 5.41) is 6.14. The van der Waals surface area contributed by atoms with Crippen molar-refractivity contribution in [3.63, 3.8) is 0 Å². The van der Waals surface area contributed by atoms with E-state index in [1.165, 1.54) is 29.4 Å². The van der Waals surface area contributed by atoms with Crippen molar-refractivity contribution in [3.8, 4) is 0 Å². The van der Waals surface area contributed by atoms with Gasteiger partial charge in [0.25, 0.3) is 0 Å². The molecule has 2 rings (SSSR count). The highest BCUT2D eigenvalue weighted by atomic mass is 127. The summed E-state index contributed by atoms with van der Waals surface area (Å²) in [6.07, 6.45) is 3.42. The molecule has 168 valence electrons. The molecule has 0 aliphatic heterocycles. The molecule has 30 heavy (non-hydrogen) atoms. The summed E-state index contributed by atoms with van der Waals surface area (Å²) in [6.45, 7) is 0.790. The maximum atomic E-state index is 12.9. The molecule has 0 fully saturated rings. The van der Waals surface area contributed by atoms with Crippen LogP contribution in [-0.4, -0.2) is 44.0 Å². The van der Waals surface area contributed by atoms with Gasteiger partial charge in [0.2, 0.25) is 5.91 Å². The first-order chi connectivity index (χ1) is 13.8. The minimum Gasteiger partial charge on any atom is -0.356 e. The van der Waals surface area contributed by atoms with Gasteiger partial charge in [0.05, 0.1) is 18.7 Å². The van der Waals surface area contributed by atoms with Crippen molar-refractivity contribution in [2.45, 2.75) is 44.8 Å². The van der Waals surface area contributed by atoms with Crippen molar-refractivity contribution < 1.29 is 18.0 Å². The van der Waals surface area contributed by atoms with Gasteiger partial charge in [-0.2, -0.15) is 13.2 Å². The highest BCUT2D eigenvalue weighted by Gasteiger charge is 2.30. The zero-order chi connectivity index (χ0) is 21.3. The Labute approximate surface area is 193 Å². The normalized spacial score (nSPS) is 14.4. The number of rotatable bonds is 7. The highest BCUT2D eigenvalue weighted by Crippen LogP contribution is 2.29. The molecule has 9 heteroatoms. The summed E-state index contributed by atoms with van der Waals surface area (Å²) in [7, 11) is 3.32. The van der Waals surface area contributed by atoms with E-state index in [1.807, 2.05) is 0 Å². The van der Waals surface area contributed by atoms with E-state index >= 15 is 0 Å². The number of halogens is 4. The topological polar surface area (TPSA) is 56.7 Å². The van der Waals surface area contributed by atoms with Gasteiger partial charge in [-0.3, -0.25) is 4.79 Å². The van der Waals surface area contributed by atoms with Crippen molar-refractivity contribution >= 4 is 35.8 Å². The number of carbonyl (C=O) groups excluding carboxylic acids is 1.